The molecule has 0 atom stereocenters. The van der Waals surface area contributed by atoms with E-state index in [0.717, 1.165) is 10.4 Å². The molecule has 6 heteroatoms. The number of hydrogen-bond donors (Lipinski definition) is 2. The molecule has 25 heavy (non-hydrogen) atoms. The van der Waals surface area contributed by atoms with Crippen molar-refractivity contribution in [3.8, 4) is 0 Å². The van der Waals surface area contributed by atoms with Crippen LogP contribution in [0.15, 0.2) is 70.3 Å². The van der Waals surface area contributed by atoms with Crippen molar-refractivity contribution in [2.75, 3.05) is 5.32 Å². The van der Waals surface area contributed by atoms with E-state index in [0.29, 0.717) is 5.69 Å². The van der Waals surface area contributed by atoms with E-state index in [-0.39, 0.29) is 11.5 Å². The Morgan fingerprint density at radius 2 is 1.88 bits per heavy atom. The van der Waals surface area contributed by atoms with Gasteiger partial charge >= 0.3 is 0 Å². The number of amides is 2. The minimum Gasteiger partial charge on any atom is -0.459 e. The van der Waals surface area contributed by atoms with Gasteiger partial charge in [-0.15, -0.1) is 11.3 Å². The minimum absolute atomic E-state index is 0.139. The standard InChI is InChI=1S/C19H16N2O3S/c1-13-6-8-14(9-7-13)20-18(22)16(12-15-4-3-11-25-15)21-19(23)17-5-2-10-24-17/h2-12H,1H3,(H,20,22)(H,21,23)/b16-12+. The third-order valence-corrected chi connectivity index (χ3v) is 4.20. The van der Waals surface area contributed by atoms with Gasteiger partial charge in [0.1, 0.15) is 5.70 Å². The van der Waals surface area contributed by atoms with E-state index in [4.69, 9.17) is 4.42 Å². The molecule has 0 spiro atoms. The third kappa shape index (κ3) is 4.45. The molecule has 0 radical (unpaired) electrons. The summed E-state index contributed by atoms with van der Waals surface area (Å²) in [5.41, 5.74) is 1.89. The fourth-order valence-electron chi connectivity index (χ4n) is 2.10. The molecule has 2 heterocycles. The first-order valence-electron chi connectivity index (χ1n) is 7.60. The highest BCUT2D eigenvalue weighted by Gasteiger charge is 2.16. The van der Waals surface area contributed by atoms with E-state index in [9.17, 15) is 9.59 Å². The molecule has 0 unspecified atom stereocenters. The number of carbonyl (C=O) groups excluding carboxylic acids is 2. The molecule has 2 N–H and O–H groups in total. The average Bonchev–Trinajstić information content (AvgIpc) is 3.29. The normalized spacial score (nSPS) is 11.2. The monoisotopic (exact) mass is 352 g/mol. The number of hydrogen-bond acceptors (Lipinski definition) is 4. The molecule has 5 nitrogen and oxygen atoms in total. The molecule has 0 aliphatic carbocycles. The van der Waals surface area contributed by atoms with Crippen molar-refractivity contribution in [1.82, 2.24) is 5.32 Å². The largest absolute Gasteiger partial charge is 0.459 e. The highest BCUT2D eigenvalue weighted by atomic mass is 32.1. The summed E-state index contributed by atoms with van der Waals surface area (Å²) in [4.78, 5) is 25.7. The number of aryl methyl sites for hydroxylation is 1. The SMILES string of the molecule is Cc1ccc(NC(=O)/C(=C\c2cccs2)NC(=O)c2ccco2)cc1. The second kappa shape index (κ2) is 7.63. The highest BCUT2D eigenvalue weighted by molar-refractivity contribution is 7.10. The summed E-state index contributed by atoms with van der Waals surface area (Å²) < 4.78 is 5.07. The third-order valence-electron chi connectivity index (χ3n) is 3.38. The fourth-order valence-corrected chi connectivity index (χ4v) is 2.76. The molecule has 0 aliphatic rings. The lowest BCUT2D eigenvalue weighted by atomic mass is 10.2. The molecule has 3 aromatic rings. The highest BCUT2D eigenvalue weighted by Crippen LogP contribution is 2.15. The van der Waals surface area contributed by atoms with Crippen molar-refractivity contribution >= 4 is 34.9 Å². The van der Waals surface area contributed by atoms with E-state index in [2.05, 4.69) is 10.6 Å². The van der Waals surface area contributed by atoms with Crippen molar-refractivity contribution in [3.05, 3.63) is 82.1 Å². The Morgan fingerprint density at radius 3 is 2.52 bits per heavy atom. The molecule has 1 aromatic carbocycles. The summed E-state index contributed by atoms with van der Waals surface area (Å²) in [6.07, 6.45) is 3.04. The second-order valence-corrected chi connectivity index (χ2v) is 6.30. The lowest BCUT2D eigenvalue weighted by Gasteiger charge is -2.10. The van der Waals surface area contributed by atoms with E-state index in [1.165, 1.54) is 23.7 Å². The zero-order chi connectivity index (χ0) is 17.6. The summed E-state index contributed by atoms with van der Waals surface area (Å²) in [5.74, 6) is -0.746. The van der Waals surface area contributed by atoms with Gasteiger partial charge in [-0.25, -0.2) is 0 Å². The van der Waals surface area contributed by atoms with E-state index in [1.54, 1.807) is 12.1 Å². The number of benzene rings is 1. The second-order valence-electron chi connectivity index (χ2n) is 5.33. The van der Waals surface area contributed by atoms with Crippen molar-refractivity contribution in [2.45, 2.75) is 6.92 Å². The topological polar surface area (TPSA) is 71.3 Å². The van der Waals surface area contributed by atoms with Crippen LogP contribution in [0.5, 0.6) is 0 Å². The Hall–Kier alpha value is -3.12. The Labute approximate surface area is 149 Å². The zero-order valence-electron chi connectivity index (χ0n) is 13.5. The maximum Gasteiger partial charge on any atom is 0.291 e. The number of nitrogens with one attached hydrogen (secondary N) is 2. The first kappa shape index (κ1) is 16.7. The quantitative estimate of drug-likeness (QED) is 0.680. The van der Waals surface area contributed by atoms with Crippen LogP contribution in [0.3, 0.4) is 0 Å². The maximum atomic E-state index is 12.6. The number of furan rings is 1. The van der Waals surface area contributed by atoms with Gasteiger partial charge in [0.15, 0.2) is 5.76 Å². The minimum atomic E-state index is -0.480. The number of rotatable bonds is 5. The van der Waals surface area contributed by atoms with Crippen LogP contribution < -0.4 is 10.6 Å². The molecule has 126 valence electrons. The van der Waals surface area contributed by atoms with Crippen LogP contribution in [0.4, 0.5) is 5.69 Å². The molecule has 3 rings (SSSR count). The van der Waals surface area contributed by atoms with Gasteiger partial charge in [-0.05, 0) is 48.7 Å². The fraction of sp³-hybridized carbons (Fsp3) is 0.0526. The number of carbonyl (C=O) groups is 2. The van der Waals surface area contributed by atoms with Crippen LogP contribution >= 0.6 is 11.3 Å². The van der Waals surface area contributed by atoms with Crippen LogP contribution in [-0.4, -0.2) is 11.8 Å². The lowest BCUT2D eigenvalue weighted by molar-refractivity contribution is -0.113. The summed E-state index contributed by atoms with van der Waals surface area (Å²) in [7, 11) is 0. The molecule has 0 bridgehead atoms. The molecular weight excluding hydrogens is 336 g/mol. The van der Waals surface area contributed by atoms with Crippen LogP contribution in [0.25, 0.3) is 6.08 Å². The van der Waals surface area contributed by atoms with Gasteiger partial charge in [-0.3, -0.25) is 9.59 Å². The van der Waals surface area contributed by atoms with Crippen LogP contribution in [0, 0.1) is 6.92 Å². The Morgan fingerprint density at radius 1 is 1.08 bits per heavy atom. The molecule has 0 saturated heterocycles. The van der Waals surface area contributed by atoms with Gasteiger partial charge in [-0.1, -0.05) is 23.8 Å². The number of thiophene rings is 1. The summed E-state index contributed by atoms with van der Waals surface area (Å²) in [5, 5.41) is 7.30. The summed E-state index contributed by atoms with van der Waals surface area (Å²) in [6, 6.07) is 14.3. The van der Waals surface area contributed by atoms with Gasteiger partial charge < -0.3 is 15.1 Å². The zero-order valence-corrected chi connectivity index (χ0v) is 14.3. The van der Waals surface area contributed by atoms with Gasteiger partial charge in [0, 0.05) is 10.6 Å². The van der Waals surface area contributed by atoms with Gasteiger partial charge in [0.2, 0.25) is 0 Å². The summed E-state index contributed by atoms with van der Waals surface area (Å²) in [6.45, 7) is 1.97. The van der Waals surface area contributed by atoms with Crippen LogP contribution in [0.1, 0.15) is 21.0 Å². The van der Waals surface area contributed by atoms with Crippen molar-refractivity contribution < 1.29 is 14.0 Å². The molecule has 0 aliphatic heterocycles. The first-order valence-corrected chi connectivity index (χ1v) is 8.48. The smallest absolute Gasteiger partial charge is 0.291 e. The van der Waals surface area contributed by atoms with Crippen LogP contribution in [-0.2, 0) is 4.79 Å². The van der Waals surface area contributed by atoms with E-state index < -0.39 is 11.8 Å². The Kier molecular flexibility index (Phi) is 5.11. The maximum absolute atomic E-state index is 12.6. The molecule has 2 amide bonds. The van der Waals surface area contributed by atoms with Crippen molar-refractivity contribution in [2.24, 2.45) is 0 Å². The van der Waals surface area contributed by atoms with Gasteiger partial charge in [0.05, 0.1) is 6.26 Å². The van der Waals surface area contributed by atoms with Crippen molar-refractivity contribution in [3.63, 3.8) is 0 Å². The van der Waals surface area contributed by atoms with Gasteiger partial charge in [-0.2, -0.15) is 0 Å². The first-order chi connectivity index (χ1) is 12.1. The van der Waals surface area contributed by atoms with Crippen molar-refractivity contribution in [1.29, 1.82) is 0 Å². The Balaban J connectivity index is 1.81. The molecular formula is C19H16N2O3S. The van der Waals surface area contributed by atoms with Gasteiger partial charge in [0.25, 0.3) is 11.8 Å². The molecule has 0 saturated carbocycles. The van der Waals surface area contributed by atoms with E-state index >= 15 is 0 Å². The predicted molar refractivity (Wildman–Crippen MR) is 98.3 cm³/mol. The molecule has 2 aromatic heterocycles. The number of anilines is 1. The lowest BCUT2D eigenvalue weighted by Crippen LogP contribution is -2.30. The predicted octanol–water partition coefficient (Wildman–Crippen LogP) is 4.06. The molecule has 0 fully saturated rings. The summed E-state index contributed by atoms with van der Waals surface area (Å²) >= 11 is 1.47. The Bertz CT molecular complexity index is 879. The average molecular weight is 352 g/mol. The van der Waals surface area contributed by atoms with E-state index in [1.807, 2.05) is 48.7 Å². The van der Waals surface area contributed by atoms with Crippen LogP contribution in [0.2, 0.25) is 0 Å².